The molecule has 2 aromatic carbocycles. The van der Waals surface area contributed by atoms with Gasteiger partial charge in [-0.2, -0.15) is 0 Å². The number of nitrogens with zero attached hydrogens (tertiary/aromatic N) is 1. The highest BCUT2D eigenvalue weighted by atomic mass is 35.5. The number of benzene rings is 2. The van der Waals surface area contributed by atoms with Crippen molar-refractivity contribution < 1.29 is 13.2 Å². The summed E-state index contributed by atoms with van der Waals surface area (Å²) < 4.78 is 24.9. The second-order valence-corrected chi connectivity index (χ2v) is 7.51. The van der Waals surface area contributed by atoms with Gasteiger partial charge in [0, 0.05) is 6.20 Å². The van der Waals surface area contributed by atoms with E-state index in [4.69, 9.17) is 11.6 Å². The van der Waals surface area contributed by atoms with Crippen molar-refractivity contribution in [3.8, 4) is 0 Å². The van der Waals surface area contributed by atoms with Crippen molar-refractivity contribution in [3.05, 3.63) is 65.9 Å². The fourth-order valence-electron chi connectivity index (χ4n) is 2.28. The van der Waals surface area contributed by atoms with Crippen LogP contribution in [0.2, 0.25) is 5.15 Å². The molecule has 0 saturated heterocycles. The number of carbonyl (C=O) groups is 1. The van der Waals surface area contributed by atoms with Crippen LogP contribution in [0.25, 0.3) is 10.8 Å². The summed E-state index contributed by atoms with van der Waals surface area (Å²) in [6.45, 7) is 0. The zero-order chi connectivity index (χ0) is 17.2. The Balaban J connectivity index is 1.82. The molecule has 1 N–H and O–H groups in total. The predicted molar refractivity (Wildman–Crippen MR) is 93.9 cm³/mol. The van der Waals surface area contributed by atoms with Gasteiger partial charge in [-0.05, 0) is 35.0 Å². The number of amides is 1. The summed E-state index contributed by atoms with van der Waals surface area (Å²) in [6.07, 6.45) is 1.48. The number of sulfone groups is 1. The molecule has 0 fully saturated rings. The molecule has 0 bridgehead atoms. The zero-order valence-corrected chi connectivity index (χ0v) is 14.0. The minimum absolute atomic E-state index is 0.105. The molecular formula is C17H13ClN2O3S. The molecule has 3 rings (SSSR count). The number of nitrogens with one attached hydrogen (secondary N) is 1. The van der Waals surface area contributed by atoms with E-state index < -0.39 is 21.5 Å². The van der Waals surface area contributed by atoms with Gasteiger partial charge in [-0.1, -0.05) is 41.9 Å². The third-order valence-electron chi connectivity index (χ3n) is 3.43. The quantitative estimate of drug-likeness (QED) is 0.724. The van der Waals surface area contributed by atoms with Gasteiger partial charge in [0.2, 0.25) is 5.91 Å². The molecule has 5 nitrogen and oxygen atoms in total. The molecule has 0 saturated carbocycles. The van der Waals surface area contributed by atoms with Crippen LogP contribution in [-0.4, -0.2) is 25.1 Å². The van der Waals surface area contributed by atoms with Crippen molar-refractivity contribution >= 4 is 43.8 Å². The van der Waals surface area contributed by atoms with Crippen LogP contribution in [0.15, 0.2) is 65.7 Å². The van der Waals surface area contributed by atoms with Gasteiger partial charge >= 0.3 is 0 Å². The highest BCUT2D eigenvalue weighted by Gasteiger charge is 2.20. The minimum Gasteiger partial charge on any atom is -0.323 e. The molecule has 0 spiro atoms. The summed E-state index contributed by atoms with van der Waals surface area (Å²) in [6, 6.07) is 15.4. The first-order chi connectivity index (χ1) is 11.5. The number of anilines is 1. The third kappa shape index (κ3) is 3.55. The third-order valence-corrected chi connectivity index (χ3v) is 5.35. The van der Waals surface area contributed by atoms with Crippen molar-refractivity contribution in [3.63, 3.8) is 0 Å². The van der Waals surface area contributed by atoms with Gasteiger partial charge in [0.1, 0.15) is 5.75 Å². The molecule has 1 amide bonds. The first-order valence-electron chi connectivity index (χ1n) is 7.08. The van der Waals surface area contributed by atoms with Gasteiger partial charge in [-0.15, -0.1) is 0 Å². The SMILES string of the molecule is O=C(CS(=O)(=O)c1ccc2ccccc2c1)Nc1cccnc1Cl. The molecule has 3 aromatic rings. The van der Waals surface area contributed by atoms with E-state index in [2.05, 4.69) is 10.3 Å². The monoisotopic (exact) mass is 360 g/mol. The number of hydrogen-bond donors (Lipinski definition) is 1. The Morgan fingerprint density at radius 3 is 2.54 bits per heavy atom. The van der Waals surface area contributed by atoms with Crippen molar-refractivity contribution in [2.24, 2.45) is 0 Å². The molecule has 24 heavy (non-hydrogen) atoms. The van der Waals surface area contributed by atoms with E-state index in [1.54, 1.807) is 24.3 Å². The number of fused-ring (bicyclic) bond motifs is 1. The molecule has 0 aliphatic heterocycles. The summed E-state index contributed by atoms with van der Waals surface area (Å²) in [5, 5.41) is 4.30. The lowest BCUT2D eigenvalue weighted by Gasteiger charge is -2.08. The van der Waals surface area contributed by atoms with Gasteiger partial charge in [-0.3, -0.25) is 4.79 Å². The number of aromatic nitrogens is 1. The van der Waals surface area contributed by atoms with Crippen LogP contribution in [0.5, 0.6) is 0 Å². The average molecular weight is 361 g/mol. The maximum atomic E-state index is 12.5. The van der Waals surface area contributed by atoms with Crippen molar-refractivity contribution in [2.45, 2.75) is 4.90 Å². The van der Waals surface area contributed by atoms with Gasteiger partial charge < -0.3 is 5.32 Å². The fourth-order valence-corrected chi connectivity index (χ4v) is 3.61. The van der Waals surface area contributed by atoms with Crippen LogP contribution in [0.3, 0.4) is 0 Å². The molecule has 0 aliphatic rings. The van der Waals surface area contributed by atoms with Gasteiger partial charge in [-0.25, -0.2) is 13.4 Å². The molecule has 7 heteroatoms. The summed E-state index contributed by atoms with van der Waals surface area (Å²) >= 11 is 5.85. The Bertz CT molecular complexity index is 1020. The lowest BCUT2D eigenvalue weighted by atomic mass is 10.1. The van der Waals surface area contributed by atoms with Crippen LogP contribution >= 0.6 is 11.6 Å². The van der Waals surface area contributed by atoms with Crippen molar-refractivity contribution in [1.29, 1.82) is 0 Å². The topological polar surface area (TPSA) is 76.1 Å². The van der Waals surface area contributed by atoms with Crippen LogP contribution in [-0.2, 0) is 14.6 Å². The number of halogens is 1. The Hall–Kier alpha value is -2.44. The van der Waals surface area contributed by atoms with E-state index in [1.807, 2.05) is 24.3 Å². The molecule has 1 aromatic heterocycles. The molecule has 122 valence electrons. The molecule has 0 unspecified atom stereocenters. The molecule has 1 heterocycles. The summed E-state index contributed by atoms with van der Waals surface area (Å²) in [5.41, 5.74) is 0.276. The first kappa shape index (κ1) is 16.4. The summed E-state index contributed by atoms with van der Waals surface area (Å²) in [7, 11) is -3.76. The number of carbonyl (C=O) groups excluding carboxylic acids is 1. The Kier molecular flexibility index (Phi) is 4.51. The predicted octanol–water partition coefficient (Wildman–Crippen LogP) is 3.30. The smallest absolute Gasteiger partial charge is 0.240 e. The second kappa shape index (κ2) is 6.59. The maximum Gasteiger partial charge on any atom is 0.240 e. The minimum atomic E-state index is -3.76. The second-order valence-electron chi connectivity index (χ2n) is 5.16. The molecule has 0 atom stereocenters. The lowest BCUT2D eigenvalue weighted by Crippen LogP contribution is -2.23. The average Bonchev–Trinajstić information content (AvgIpc) is 2.56. The Labute approximate surface area is 144 Å². The van der Waals surface area contributed by atoms with Gasteiger partial charge in [0.05, 0.1) is 10.6 Å². The maximum absolute atomic E-state index is 12.5. The van der Waals surface area contributed by atoms with Crippen LogP contribution in [0, 0.1) is 0 Å². The summed E-state index contributed by atoms with van der Waals surface area (Å²) in [4.78, 5) is 16.0. The number of pyridine rings is 1. The molecule has 0 radical (unpaired) electrons. The first-order valence-corrected chi connectivity index (χ1v) is 9.11. The van der Waals surface area contributed by atoms with E-state index in [0.717, 1.165) is 10.8 Å². The van der Waals surface area contributed by atoms with Crippen molar-refractivity contribution in [2.75, 3.05) is 11.1 Å². The Morgan fingerprint density at radius 1 is 1.04 bits per heavy atom. The van der Waals surface area contributed by atoms with E-state index >= 15 is 0 Å². The lowest BCUT2D eigenvalue weighted by molar-refractivity contribution is -0.113. The largest absolute Gasteiger partial charge is 0.323 e. The molecular weight excluding hydrogens is 348 g/mol. The molecule has 0 aliphatic carbocycles. The van der Waals surface area contributed by atoms with Crippen LogP contribution in [0.1, 0.15) is 0 Å². The van der Waals surface area contributed by atoms with E-state index in [9.17, 15) is 13.2 Å². The van der Waals surface area contributed by atoms with Crippen LogP contribution in [0.4, 0.5) is 5.69 Å². The van der Waals surface area contributed by atoms with Gasteiger partial charge in [0.15, 0.2) is 15.0 Å². The van der Waals surface area contributed by atoms with Crippen LogP contribution < -0.4 is 5.32 Å². The van der Waals surface area contributed by atoms with E-state index in [-0.39, 0.29) is 15.7 Å². The normalized spacial score (nSPS) is 11.4. The highest BCUT2D eigenvalue weighted by molar-refractivity contribution is 7.92. The Morgan fingerprint density at radius 2 is 1.79 bits per heavy atom. The zero-order valence-electron chi connectivity index (χ0n) is 12.4. The fraction of sp³-hybridized carbons (Fsp3) is 0.0588. The van der Waals surface area contributed by atoms with Crippen molar-refractivity contribution in [1.82, 2.24) is 4.98 Å². The standard InChI is InChI=1S/C17H13ClN2O3S/c18-17-15(6-3-9-19-17)20-16(21)11-24(22,23)14-8-7-12-4-1-2-5-13(12)10-14/h1-10H,11H2,(H,20,21). The number of rotatable bonds is 4. The van der Waals surface area contributed by atoms with E-state index in [0.29, 0.717) is 0 Å². The van der Waals surface area contributed by atoms with E-state index in [1.165, 1.54) is 12.3 Å². The highest BCUT2D eigenvalue weighted by Crippen LogP contribution is 2.21. The number of hydrogen-bond acceptors (Lipinski definition) is 4. The summed E-state index contributed by atoms with van der Waals surface area (Å²) in [5.74, 6) is -1.34. The van der Waals surface area contributed by atoms with Gasteiger partial charge in [0.25, 0.3) is 0 Å².